The van der Waals surface area contributed by atoms with E-state index >= 15 is 0 Å². The Labute approximate surface area is 97.0 Å². The average Bonchev–Trinajstić information content (AvgIpc) is 2.99. The zero-order valence-corrected chi connectivity index (χ0v) is 9.98. The van der Waals surface area contributed by atoms with E-state index < -0.39 is 0 Å². The maximum absolute atomic E-state index is 11.7. The van der Waals surface area contributed by atoms with Gasteiger partial charge in [0, 0.05) is 12.6 Å². The Morgan fingerprint density at radius 2 is 2.25 bits per heavy atom. The number of nitrogens with zero attached hydrogens (tertiary/aromatic N) is 1. The number of aliphatic hydroxyl groups excluding tert-OH is 1. The fourth-order valence-corrected chi connectivity index (χ4v) is 2.39. The molecule has 1 aliphatic heterocycles. The van der Waals surface area contributed by atoms with Gasteiger partial charge in [0.15, 0.2) is 0 Å². The summed E-state index contributed by atoms with van der Waals surface area (Å²) in [6, 6.07) is 0.321. The maximum atomic E-state index is 11.7. The van der Waals surface area contributed by atoms with E-state index in [1.54, 1.807) is 0 Å². The van der Waals surface area contributed by atoms with Crippen LogP contribution < -0.4 is 5.32 Å². The van der Waals surface area contributed by atoms with Gasteiger partial charge in [0.05, 0.1) is 12.6 Å². The van der Waals surface area contributed by atoms with Crippen LogP contribution in [0, 0.1) is 5.92 Å². The number of hydrogen-bond acceptors (Lipinski definition) is 3. The second-order valence-corrected chi connectivity index (χ2v) is 5.22. The third-order valence-electron chi connectivity index (χ3n) is 3.57. The minimum atomic E-state index is -0.248. The smallest absolute Gasteiger partial charge is 0.234 e. The van der Waals surface area contributed by atoms with Crippen molar-refractivity contribution in [3.05, 3.63) is 0 Å². The van der Waals surface area contributed by atoms with Crippen molar-refractivity contribution in [3.8, 4) is 0 Å². The lowest BCUT2D eigenvalue weighted by molar-refractivity contribution is -0.123. The number of carbonyl (C=O) groups excluding carboxylic acids is 1. The Balaban J connectivity index is 1.69. The van der Waals surface area contributed by atoms with Crippen molar-refractivity contribution in [2.24, 2.45) is 5.92 Å². The van der Waals surface area contributed by atoms with Crippen molar-refractivity contribution < 1.29 is 9.90 Å². The molecule has 2 aliphatic rings. The topological polar surface area (TPSA) is 52.6 Å². The zero-order valence-electron chi connectivity index (χ0n) is 9.98. The fourth-order valence-electron chi connectivity index (χ4n) is 2.39. The third-order valence-corrected chi connectivity index (χ3v) is 3.57. The summed E-state index contributed by atoms with van der Waals surface area (Å²) in [5.41, 5.74) is 0. The first kappa shape index (κ1) is 11.9. The molecule has 0 radical (unpaired) electrons. The van der Waals surface area contributed by atoms with Gasteiger partial charge >= 0.3 is 0 Å². The third kappa shape index (κ3) is 3.46. The van der Waals surface area contributed by atoms with Gasteiger partial charge in [0.25, 0.3) is 0 Å². The predicted molar refractivity (Wildman–Crippen MR) is 62.0 cm³/mol. The number of hydrogen-bond donors (Lipinski definition) is 2. The summed E-state index contributed by atoms with van der Waals surface area (Å²) in [7, 11) is 0. The first-order valence-corrected chi connectivity index (χ1v) is 6.35. The molecule has 4 heteroatoms. The van der Waals surface area contributed by atoms with Crippen LogP contribution in [0.2, 0.25) is 0 Å². The van der Waals surface area contributed by atoms with Crippen molar-refractivity contribution in [1.82, 2.24) is 10.2 Å². The fraction of sp³-hybridized carbons (Fsp3) is 0.917. The summed E-state index contributed by atoms with van der Waals surface area (Å²) >= 11 is 0. The van der Waals surface area contributed by atoms with Gasteiger partial charge in [0.2, 0.25) is 5.91 Å². The minimum absolute atomic E-state index is 0.105. The van der Waals surface area contributed by atoms with E-state index in [0.29, 0.717) is 25.0 Å². The van der Waals surface area contributed by atoms with Crippen molar-refractivity contribution in [1.29, 1.82) is 0 Å². The largest absolute Gasteiger partial charge is 0.392 e. The highest BCUT2D eigenvalue weighted by Gasteiger charge is 2.29. The Morgan fingerprint density at radius 3 is 2.88 bits per heavy atom. The van der Waals surface area contributed by atoms with E-state index in [9.17, 15) is 9.90 Å². The number of amides is 1. The van der Waals surface area contributed by atoms with Crippen molar-refractivity contribution in [2.45, 2.75) is 44.8 Å². The molecular weight excluding hydrogens is 204 g/mol. The molecule has 2 N–H and O–H groups in total. The summed E-state index contributed by atoms with van der Waals surface area (Å²) in [6.07, 6.45) is 4.12. The molecule has 1 aliphatic carbocycles. The second kappa shape index (κ2) is 5.15. The molecule has 1 saturated heterocycles. The molecule has 92 valence electrons. The van der Waals surface area contributed by atoms with E-state index in [1.807, 2.05) is 4.90 Å². The van der Waals surface area contributed by atoms with Crippen molar-refractivity contribution in [2.75, 3.05) is 19.6 Å². The summed E-state index contributed by atoms with van der Waals surface area (Å²) in [6.45, 7) is 4.10. The van der Waals surface area contributed by atoms with Gasteiger partial charge < -0.3 is 10.4 Å². The summed E-state index contributed by atoms with van der Waals surface area (Å²) in [5, 5.41) is 12.5. The lowest BCUT2D eigenvalue weighted by Gasteiger charge is -2.29. The van der Waals surface area contributed by atoms with Crippen molar-refractivity contribution >= 4 is 5.91 Å². The van der Waals surface area contributed by atoms with Crippen LogP contribution in [0.1, 0.15) is 32.6 Å². The molecule has 1 amide bonds. The number of carbonyl (C=O) groups is 1. The molecule has 0 aromatic rings. The lowest BCUT2D eigenvalue weighted by Crippen LogP contribution is -2.46. The summed E-state index contributed by atoms with van der Waals surface area (Å²) in [5.74, 6) is 0.810. The Hall–Kier alpha value is -0.610. The van der Waals surface area contributed by atoms with E-state index in [-0.39, 0.29) is 12.0 Å². The number of β-amino-alcohol motifs (C(OH)–C–C–N with tert-alkyl or cyclic N) is 1. The highest BCUT2D eigenvalue weighted by Crippen LogP contribution is 2.32. The first-order valence-electron chi connectivity index (χ1n) is 6.35. The van der Waals surface area contributed by atoms with Gasteiger partial charge in [0.1, 0.15) is 0 Å². The molecule has 2 unspecified atom stereocenters. The predicted octanol–water partition coefficient (Wildman–Crippen LogP) is 0.358. The van der Waals surface area contributed by atoms with Gasteiger partial charge in [-0.3, -0.25) is 9.69 Å². The number of aliphatic hydroxyl groups is 1. The van der Waals surface area contributed by atoms with Crippen LogP contribution in [0.3, 0.4) is 0 Å². The number of nitrogens with one attached hydrogen (secondary N) is 1. The number of rotatable bonds is 4. The monoisotopic (exact) mass is 226 g/mol. The molecule has 0 bridgehead atoms. The molecule has 4 nitrogen and oxygen atoms in total. The van der Waals surface area contributed by atoms with Gasteiger partial charge in [-0.2, -0.15) is 0 Å². The van der Waals surface area contributed by atoms with Crippen LogP contribution in [0.4, 0.5) is 0 Å². The average molecular weight is 226 g/mol. The number of likely N-dealkylation sites (tertiary alicyclic amines) is 1. The molecule has 0 aromatic carbocycles. The highest BCUT2D eigenvalue weighted by molar-refractivity contribution is 5.78. The van der Waals surface area contributed by atoms with Gasteiger partial charge in [-0.1, -0.05) is 0 Å². The van der Waals surface area contributed by atoms with Crippen LogP contribution in [0.25, 0.3) is 0 Å². The standard InChI is InChI=1S/C12H22N2O2/c1-9(10-4-5-10)13-12(16)8-14-6-2-3-11(15)7-14/h9-11,15H,2-8H2,1H3,(H,13,16). The lowest BCUT2D eigenvalue weighted by atomic mass is 10.1. The highest BCUT2D eigenvalue weighted by atomic mass is 16.3. The molecule has 2 atom stereocenters. The molecule has 0 spiro atoms. The molecule has 1 saturated carbocycles. The molecule has 2 fully saturated rings. The molecule has 1 heterocycles. The van der Waals surface area contributed by atoms with Crippen LogP contribution in [0.5, 0.6) is 0 Å². The Kier molecular flexibility index (Phi) is 3.82. The van der Waals surface area contributed by atoms with Crippen LogP contribution >= 0.6 is 0 Å². The van der Waals surface area contributed by atoms with Crippen molar-refractivity contribution in [3.63, 3.8) is 0 Å². The summed E-state index contributed by atoms with van der Waals surface area (Å²) in [4.78, 5) is 13.8. The van der Waals surface area contributed by atoms with E-state index in [0.717, 1.165) is 19.4 Å². The quantitative estimate of drug-likeness (QED) is 0.727. The molecular formula is C12H22N2O2. The van der Waals surface area contributed by atoms with E-state index in [2.05, 4.69) is 12.2 Å². The summed E-state index contributed by atoms with van der Waals surface area (Å²) < 4.78 is 0. The van der Waals surface area contributed by atoms with E-state index in [1.165, 1.54) is 12.8 Å². The Morgan fingerprint density at radius 1 is 1.50 bits per heavy atom. The molecule has 0 aromatic heterocycles. The number of piperidine rings is 1. The molecule has 16 heavy (non-hydrogen) atoms. The first-order chi connectivity index (χ1) is 7.65. The van der Waals surface area contributed by atoms with Crippen LogP contribution in [0.15, 0.2) is 0 Å². The second-order valence-electron chi connectivity index (χ2n) is 5.22. The SMILES string of the molecule is CC(NC(=O)CN1CCCC(O)C1)C1CC1. The molecule has 2 rings (SSSR count). The minimum Gasteiger partial charge on any atom is -0.392 e. The Bertz CT molecular complexity index is 253. The van der Waals surface area contributed by atoms with Gasteiger partial charge in [-0.15, -0.1) is 0 Å². The normalized spacial score (nSPS) is 28.8. The maximum Gasteiger partial charge on any atom is 0.234 e. The van der Waals surface area contributed by atoms with Gasteiger partial charge in [-0.05, 0) is 45.1 Å². The van der Waals surface area contributed by atoms with Gasteiger partial charge in [-0.25, -0.2) is 0 Å². The zero-order chi connectivity index (χ0) is 11.5. The van der Waals surface area contributed by atoms with Crippen LogP contribution in [-0.2, 0) is 4.79 Å². The van der Waals surface area contributed by atoms with E-state index in [4.69, 9.17) is 0 Å². The van der Waals surface area contributed by atoms with Crippen LogP contribution in [-0.4, -0.2) is 47.7 Å².